The summed E-state index contributed by atoms with van der Waals surface area (Å²) in [5, 5.41) is 10.5. The van der Waals surface area contributed by atoms with Crippen LogP contribution in [0.5, 0.6) is 0 Å². The van der Waals surface area contributed by atoms with Crippen molar-refractivity contribution in [2.24, 2.45) is 0 Å². The van der Waals surface area contributed by atoms with Crippen molar-refractivity contribution in [3.05, 3.63) is 34.1 Å². The molecule has 0 aromatic heterocycles. The van der Waals surface area contributed by atoms with Crippen LogP contribution in [-0.2, 0) is 16.1 Å². The van der Waals surface area contributed by atoms with Crippen LogP contribution in [0.4, 0.5) is 4.39 Å². The average Bonchev–Trinajstić information content (AvgIpc) is 3.06. The van der Waals surface area contributed by atoms with E-state index < -0.39 is 6.10 Å². The number of rotatable bonds is 2. The van der Waals surface area contributed by atoms with E-state index in [0.717, 1.165) is 6.42 Å². The maximum Gasteiger partial charge on any atom is 0.260 e. The molecule has 0 spiro atoms. The van der Waals surface area contributed by atoms with Gasteiger partial charge in [0.15, 0.2) is 0 Å². The molecule has 0 amide bonds. The predicted molar refractivity (Wildman–Crippen MR) is 84.4 cm³/mol. The molecule has 2 aliphatic heterocycles. The molecule has 0 unspecified atom stereocenters. The summed E-state index contributed by atoms with van der Waals surface area (Å²) in [5.74, 6) is -0.376. The SMILES string of the molecule is Cc1ccc(Cl)c(COC(=S)N2CC[C@H]3OC[C@H](O)[C@H]32)c1F. The molecule has 2 fully saturated rings. The number of thiocarbonyl (C=S) groups is 1. The maximum absolute atomic E-state index is 14.1. The molecule has 0 aliphatic carbocycles. The van der Waals surface area contributed by atoms with Crippen LogP contribution in [0.15, 0.2) is 12.1 Å². The normalized spacial score (nSPS) is 27.1. The van der Waals surface area contributed by atoms with E-state index >= 15 is 0 Å². The largest absolute Gasteiger partial charge is 0.466 e. The minimum atomic E-state index is -0.576. The lowest BCUT2D eigenvalue weighted by molar-refractivity contribution is 0.0845. The van der Waals surface area contributed by atoms with Gasteiger partial charge < -0.3 is 19.5 Å². The van der Waals surface area contributed by atoms with Crippen LogP contribution in [0, 0.1) is 12.7 Å². The van der Waals surface area contributed by atoms with Gasteiger partial charge in [0.05, 0.1) is 23.8 Å². The molecule has 0 radical (unpaired) electrons. The van der Waals surface area contributed by atoms with E-state index in [1.807, 2.05) is 4.90 Å². The van der Waals surface area contributed by atoms with Crippen LogP contribution >= 0.6 is 23.8 Å². The number of aliphatic hydroxyl groups is 1. The standard InChI is InChI=1S/C15H17ClFNO3S/c1-8-2-3-10(16)9(13(8)17)6-21-15(22)18-5-4-12-14(18)11(19)7-20-12/h2-3,11-12,14,19H,4-7H2,1H3/t11-,12+,14+/m0/s1. The fourth-order valence-electron chi connectivity index (χ4n) is 3.02. The number of aryl methyl sites for hydroxylation is 1. The number of nitrogens with zero attached hydrogens (tertiary/aromatic N) is 1. The van der Waals surface area contributed by atoms with Crippen LogP contribution in [0.2, 0.25) is 5.02 Å². The van der Waals surface area contributed by atoms with Gasteiger partial charge in [-0.05, 0) is 37.2 Å². The number of ether oxygens (including phenoxy) is 2. The number of halogens is 2. The first kappa shape index (κ1) is 15.9. The summed E-state index contributed by atoms with van der Waals surface area (Å²) in [7, 11) is 0. The highest BCUT2D eigenvalue weighted by atomic mass is 35.5. The quantitative estimate of drug-likeness (QED) is 0.834. The van der Waals surface area contributed by atoms with Gasteiger partial charge >= 0.3 is 0 Å². The van der Waals surface area contributed by atoms with E-state index in [1.54, 1.807) is 19.1 Å². The molecular formula is C15H17ClFNO3S. The summed E-state index contributed by atoms with van der Waals surface area (Å²) < 4.78 is 25.1. The Kier molecular flexibility index (Phi) is 4.54. The van der Waals surface area contributed by atoms with Crippen LogP contribution < -0.4 is 0 Å². The Labute approximate surface area is 138 Å². The van der Waals surface area contributed by atoms with Crippen LogP contribution in [-0.4, -0.2) is 46.6 Å². The van der Waals surface area contributed by atoms with E-state index in [1.165, 1.54) is 0 Å². The summed E-state index contributed by atoms with van der Waals surface area (Å²) >= 11 is 11.3. The molecule has 22 heavy (non-hydrogen) atoms. The molecule has 0 saturated carbocycles. The highest BCUT2D eigenvalue weighted by Crippen LogP contribution is 2.30. The van der Waals surface area contributed by atoms with Gasteiger partial charge in [-0.3, -0.25) is 0 Å². The Hall–Kier alpha value is -0.950. The molecule has 0 bridgehead atoms. The van der Waals surface area contributed by atoms with Crippen LogP contribution in [0.25, 0.3) is 0 Å². The molecule has 1 aromatic rings. The van der Waals surface area contributed by atoms with Gasteiger partial charge in [0.25, 0.3) is 5.17 Å². The van der Waals surface area contributed by atoms with E-state index in [0.29, 0.717) is 29.3 Å². The molecular weight excluding hydrogens is 329 g/mol. The Morgan fingerprint density at radius 3 is 3.14 bits per heavy atom. The molecule has 7 heteroatoms. The van der Waals surface area contributed by atoms with Crippen molar-refractivity contribution in [1.82, 2.24) is 4.90 Å². The zero-order chi connectivity index (χ0) is 15.9. The van der Waals surface area contributed by atoms with Crippen molar-refractivity contribution in [3.8, 4) is 0 Å². The van der Waals surface area contributed by atoms with Gasteiger partial charge in [-0.2, -0.15) is 0 Å². The Bertz CT molecular complexity index is 600. The molecule has 2 aliphatic rings. The first-order chi connectivity index (χ1) is 10.5. The summed E-state index contributed by atoms with van der Waals surface area (Å²) in [6, 6.07) is 3.09. The second kappa shape index (κ2) is 6.28. The predicted octanol–water partition coefficient (Wildman–Crippen LogP) is 2.42. The van der Waals surface area contributed by atoms with E-state index in [2.05, 4.69) is 0 Å². The van der Waals surface area contributed by atoms with Gasteiger partial charge in [0.2, 0.25) is 0 Å². The lowest BCUT2D eigenvalue weighted by Gasteiger charge is -2.27. The zero-order valence-corrected chi connectivity index (χ0v) is 13.7. The molecule has 4 nitrogen and oxygen atoms in total. The fourth-order valence-corrected chi connectivity index (χ4v) is 3.49. The van der Waals surface area contributed by atoms with Crippen molar-refractivity contribution < 1.29 is 19.0 Å². The van der Waals surface area contributed by atoms with Crippen molar-refractivity contribution >= 4 is 29.0 Å². The fraction of sp³-hybridized carbons (Fsp3) is 0.533. The number of hydrogen-bond donors (Lipinski definition) is 1. The minimum absolute atomic E-state index is 0.0177. The van der Waals surface area contributed by atoms with E-state index in [4.69, 9.17) is 33.3 Å². The van der Waals surface area contributed by atoms with E-state index in [9.17, 15) is 9.50 Å². The third-order valence-corrected chi connectivity index (χ3v) is 4.93. The molecule has 2 saturated heterocycles. The summed E-state index contributed by atoms with van der Waals surface area (Å²) in [4.78, 5) is 1.82. The monoisotopic (exact) mass is 345 g/mol. The first-order valence-electron chi connectivity index (χ1n) is 7.15. The van der Waals surface area contributed by atoms with Crippen LogP contribution in [0.3, 0.4) is 0 Å². The summed E-state index contributed by atoms with van der Waals surface area (Å²) in [6.45, 7) is 2.61. The lowest BCUT2D eigenvalue weighted by Crippen LogP contribution is -2.44. The molecule has 1 aromatic carbocycles. The van der Waals surface area contributed by atoms with Gasteiger partial charge in [-0.1, -0.05) is 17.7 Å². The van der Waals surface area contributed by atoms with Gasteiger partial charge in [-0.25, -0.2) is 4.39 Å². The van der Waals surface area contributed by atoms with Gasteiger partial charge in [-0.15, -0.1) is 0 Å². The Balaban J connectivity index is 1.67. The van der Waals surface area contributed by atoms with Crippen molar-refractivity contribution in [1.29, 1.82) is 0 Å². The van der Waals surface area contributed by atoms with Crippen molar-refractivity contribution in [2.45, 2.75) is 38.2 Å². The number of benzene rings is 1. The lowest BCUT2D eigenvalue weighted by atomic mass is 10.1. The average molecular weight is 346 g/mol. The number of fused-ring (bicyclic) bond motifs is 1. The molecule has 2 heterocycles. The molecule has 1 N–H and O–H groups in total. The number of likely N-dealkylation sites (tertiary alicyclic amines) is 1. The Morgan fingerprint density at radius 2 is 2.36 bits per heavy atom. The number of hydrogen-bond acceptors (Lipinski definition) is 4. The molecule has 3 atom stereocenters. The van der Waals surface area contributed by atoms with E-state index in [-0.39, 0.29) is 29.7 Å². The van der Waals surface area contributed by atoms with Crippen molar-refractivity contribution in [3.63, 3.8) is 0 Å². The summed E-state index contributed by atoms with van der Waals surface area (Å²) in [6.07, 6.45) is 0.203. The number of aliphatic hydroxyl groups excluding tert-OH is 1. The highest BCUT2D eigenvalue weighted by Gasteiger charge is 2.46. The highest BCUT2D eigenvalue weighted by molar-refractivity contribution is 7.80. The third-order valence-electron chi connectivity index (χ3n) is 4.22. The molecule has 3 rings (SSSR count). The van der Waals surface area contributed by atoms with Gasteiger partial charge in [0, 0.05) is 12.1 Å². The maximum atomic E-state index is 14.1. The smallest absolute Gasteiger partial charge is 0.260 e. The second-order valence-corrected chi connectivity index (χ2v) is 6.38. The summed E-state index contributed by atoms with van der Waals surface area (Å²) in [5.41, 5.74) is 0.803. The third kappa shape index (κ3) is 2.80. The second-order valence-electron chi connectivity index (χ2n) is 5.62. The van der Waals surface area contributed by atoms with Crippen molar-refractivity contribution in [2.75, 3.05) is 13.2 Å². The first-order valence-corrected chi connectivity index (χ1v) is 7.94. The Morgan fingerprint density at radius 1 is 1.59 bits per heavy atom. The zero-order valence-electron chi connectivity index (χ0n) is 12.1. The van der Waals surface area contributed by atoms with Crippen LogP contribution in [0.1, 0.15) is 17.5 Å². The minimum Gasteiger partial charge on any atom is -0.466 e. The van der Waals surface area contributed by atoms with Gasteiger partial charge in [0.1, 0.15) is 18.5 Å². The topological polar surface area (TPSA) is 41.9 Å². The molecule has 120 valence electrons.